The largest absolute Gasteiger partial charge is 0.496 e. The first-order valence-electron chi connectivity index (χ1n) is 8.86. The molecule has 27 heavy (non-hydrogen) atoms. The van der Waals surface area contributed by atoms with Crippen LogP contribution in [0.5, 0.6) is 5.75 Å². The maximum absolute atomic E-state index is 6.02. The maximum Gasteiger partial charge on any atom is 0.250 e. The number of nitrogens with zero attached hydrogens (tertiary/aromatic N) is 4. The van der Waals surface area contributed by atoms with Gasteiger partial charge >= 0.3 is 0 Å². The number of hydrogen-bond acceptors (Lipinski definition) is 6. The van der Waals surface area contributed by atoms with E-state index >= 15 is 0 Å². The predicted octanol–water partition coefficient (Wildman–Crippen LogP) is 3.81. The molecule has 1 aliphatic rings. The third-order valence-corrected chi connectivity index (χ3v) is 4.89. The molecule has 1 aromatic heterocycles. The molecule has 1 N–H and O–H groups in total. The van der Waals surface area contributed by atoms with Crippen LogP contribution >= 0.6 is 34.8 Å². The van der Waals surface area contributed by atoms with Crippen LogP contribution in [-0.2, 0) is 10.2 Å². The number of nitrogens with one attached hydrogen (secondary N) is 1. The lowest BCUT2D eigenvalue weighted by Gasteiger charge is -2.16. The quantitative estimate of drug-likeness (QED) is 0.674. The highest BCUT2D eigenvalue weighted by Gasteiger charge is 2.28. The Labute approximate surface area is 174 Å². The molecule has 2 aromatic rings. The van der Waals surface area contributed by atoms with Crippen LogP contribution in [0.2, 0.25) is 0 Å². The van der Waals surface area contributed by atoms with E-state index in [0.29, 0.717) is 18.2 Å². The van der Waals surface area contributed by atoms with Crippen molar-refractivity contribution in [2.45, 2.75) is 23.1 Å². The molecule has 1 aliphatic heterocycles. The van der Waals surface area contributed by atoms with E-state index in [1.807, 2.05) is 24.3 Å². The van der Waals surface area contributed by atoms with Gasteiger partial charge in [0.2, 0.25) is 9.74 Å². The molecule has 2 heterocycles. The highest BCUT2D eigenvalue weighted by molar-refractivity contribution is 6.66. The van der Waals surface area contributed by atoms with Crippen molar-refractivity contribution < 1.29 is 4.74 Å². The molecule has 0 amide bonds. The van der Waals surface area contributed by atoms with Gasteiger partial charge in [0.1, 0.15) is 11.6 Å². The number of aromatic nitrogens is 3. The highest BCUT2D eigenvalue weighted by Crippen LogP contribution is 2.36. The predicted molar refractivity (Wildman–Crippen MR) is 109 cm³/mol. The molecular formula is C18H22Cl3N5O. The van der Waals surface area contributed by atoms with Crippen molar-refractivity contribution in [2.75, 3.05) is 38.6 Å². The van der Waals surface area contributed by atoms with Crippen LogP contribution in [0.25, 0.3) is 0 Å². The normalized spacial score (nSPS) is 15.1. The van der Waals surface area contributed by atoms with Crippen LogP contribution in [0.15, 0.2) is 24.3 Å². The fourth-order valence-corrected chi connectivity index (χ4v) is 3.31. The second-order valence-corrected chi connectivity index (χ2v) is 8.64. The van der Waals surface area contributed by atoms with E-state index in [0.717, 1.165) is 37.5 Å². The van der Waals surface area contributed by atoms with Gasteiger partial charge in [-0.3, -0.25) is 0 Å². The number of rotatable bonds is 7. The Balaban J connectivity index is 1.77. The van der Waals surface area contributed by atoms with Gasteiger partial charge in [0, 0.05) is 25.1 Å². The molecule has 0 saturated carbocycles. The standard InChI is InChI=1S/C18H22Cl3N5O/c1-27-14-7-3-2-6-13(14)12-15-23-16(18(19,20)21)25-17(24-15)22-8-11-26-9-4-5-10-26/h2-3,6-7H,4-5,8-12H2,1H3,(H,22,23,24,25). The molecule has 0 radical (unpaired) electrons. The Morgan fingerprint density at radius 3 is 2.56 bits per heavy atom. The smallest absolute Gasteiger partial charge is 0.250 e. The van der Waals surface area contributed by atoms with Gasteiger partial charge in [0.25, 0.3) is 0 Å². The zero-order valence-electron chi connectivity index (χ0n) is 15.1. The lowest BCUT2D eigenvalue weighted by Crippen LogP contribution is -2.27. The molecule has 0 atom stereocenters. The van der Waals surface area contributed by atoms with Gasteiger partial charge in [0.05, 0.1) is 7.11 Å². The summed E-state index contributed by atoms with van der Waals surface area (Å²) in [7, 11) is 1.63. The fourth-order valence-electron chi connectivity index (χ4n) is 3.06. The Bertz CT molecular complexity index is 763. The molecule has 0 bridgehead atoms. The Kier molecular flexibility index (Phi) is 6.98. The van der Waals surface area contributed by atoms with E-state index in [1.165, 1.54) is 12.8 Å². The third kappa shape index (κ3) is 5.82. The molecule has 1 fully saturated rings. The molecule has 0 aliphatic carbocycles. The first kappa shape index (κ1) is 20.4. The fraction of sp³-hybridized carbons (Fsp3) is 0.500. The molecule has 0 spiro atoms. The van der Waals surface area contributed by atoms with E-state index in [1.54, 1.807) is 7.11 Å². The first-order chi connectivity index (χ1) is 13.0. The Morgan fingerprint density at radius 1 is 1.11 bits per heavy atom. The summed E-state index contributed by atoms with van der Waals surface area (Å²) < 4.78 is 3.68. The molecule has 3 rings (SSSR count). The zero-order valence-corrected chi connectivity index (χ0v) is 17.4. The summed E-state index contributed by atoms with van der Waals surface area (Å²) in [5.41, 5.74) is 0.949. The second kappa shape index (κ2) is 9.24. The summed E-state index contributed by atoms with van der Waals surface area (Å²) >= 11 is 18.1. The average molecular weight is 431 g/mol. The summed E-state index contributed by atoms with van der Waals surface area (Å²) in [6, 6.07) is 7.69. The third-order valence-electron chi connectivity index (χ3n) is 4.39. The minimum Gasteiger partial charge on any atom is -0.496 e. The number of alkyl halides is 3. The average Bonchev–Trinajstić information content (AvgIpc) is 3.15. The molecule has 6 nitrogen and oxygen atoms in total. The Morgan fingerprint density at radius 2 is 1.85 bits per heavy atom. The molecular weight excluding hydrogens is 409 g/mol. The van der Waals surface area contributed by atoms with E-state index in [4.69, 9.17) is 39.5 Å². The number of anilines is 1. The number of benzene rings is 1. The van der Waals surface area contributed by atoms with Crippen molar-refractivity contribution in [1.82, 2.24) is 19.9 Å². The topological polar surface area (TPSA) is 63.2 Å². The van der Waals surface area contributed by atoms with Gasteiger partial charge in [-0.2, -0.15) is 9.97 Å². The SMILES string of the molecule is COc1ccccc1Cc1nc(NCCN2CCCC2)nc(C(Cl)(Cl)Cl)n1. The van der Waals surface area contributed by atoms with Crippen LogP contribution in [0.1, 0.15) is 30.1 Å². The van der Waals surface area contributed by atoms with Gasteiger partial charge in [-0.1, -0.05) is 53.0 Å². The van der Waals surface area contributed by atoms with Crippen molar-refractivity contribution in [3.05, 3.63) is 41.5 Å². The number of methoxy groups -OCH3 is 1. The van der Waals surface area contributed by atoms with Crippen molar-refractivity contribution in [3.8, 4) is 5.75 Å². The zero-order chi connectivity index (χ0) is 19.3. The van der Waals surface area contributed by atoms with Crippen LogP contribution in [0, 0.1) is 0 Å². The number of ether oxygens (including phenoxy) is 1. The van der Waals surface area contributed by atoms with E-state index in [-0.39, 0.29) is 5.82 Å². The summed E-state index contributed by atoms with van der Waals surface area (Å²) in [4.78, 5) is 15.5. The van der Waals surface area contributed by atoms with Crippen molar-refractivity contribution >= 4 is 40.8 Å². The summed E-state index contributed by atoms with van der Waals surface area (Å²) in [5.74, 6) is 1.79. The van der Waals surface area contributed by atoms with Crippen LogP contribution in [0.4, 0.5) is 5.95 Å². The lowest BCUT2D eigenvalue weighted by molar-refractivity contribution is 0.352. The maximum atomic E-state index is 6.02. The summed E-state index contributed by atoms with van der Waals surface area (Å²) in [5, 5.41) is 3.23. The molecule has 0 unspecified atom stereocenters. The molecule has 1 saturated heterocycles. The number of halogens is 3. The van der Waals surface area contributed by atoms with E-state index in [9.17, 15) is 0 Å². The van der Waals surface area contributed by atoms with Crippen molar-refractivity contribution in [2.24, 2.45) is 0 Å². The monoisotopic (exact) mass is 429 g/mol. The molecule has 9 heteroatoms. The van der Waals surface area contributed by atoms with Gasteiger partial charge < -0.3 is 15.0 Å². The molecule has 1 aromatic carbocycles. The van der Waals surface area contributed by atoms with Gasteiger partial charge in [-0.15, -0.1) is 0 Å². The van der Waals surface area contributed by atoms with Gasteiger partial charge in [0.15, 0.2) is 5.82 Å². The van der Waals surface area contributed by atoms with Crippen LogP contribution in [-0.4, -0.2) is 53.1 Å². The van der Waals surface area contributed by atoms with E-state index in [2.05, 4.69) is 25.2 Å². The first-order valence-corrected chi connectivity index (χ1v) is 9.99. The van der Waals surface area contributed by atoms with Crippen LogP contribution in [0.3, 0.4) is 0 Å². The van der Waals surface area contributed by atoms with Crippen LogP contribution < -0.4 is 10.1 Å². The van der Waals surface area contributed by atoms with Crippen molar-refractivity contribution in [3.63, 3.8) is 0 Å². The number of para-hydroxylation sites is 1. The summed E-state index contributed by atoms with van der Waals surface area (Å²) in [6.45, 7) is 3.92. The molecule has 146 valence electrons. The summed E-state index contributed by atoms with van der Waals surface area (Å²) in [6.07, 6.45) is 2.96. The lowest BCUT2D eigenvalue weighted by atomic mass is 10.1. The minimum absolute atomic E-state index is 0.107. The second-order valence-electron chi connectivity index (χ2n) is 6.36. The Hall–Kier alpha value is -1.34. The number of likely N-dealkylation sites (tertiary alicyclic amines) is 1. The van der Waals surface area contributed by atoms with Crippen molar-refractivity contribution in [1.29, 1.82) is 0 Å². The minimum atomic E-state index is -1.72. The highest BCUT2D eigenvalue weighted by atomic mass is 35.6. The van der Waals surface area contributed by atoms with Gasteiger partial charge in [-0.05, 0) is 32.0 Å². The van der Waals surface area contributed by atoms with E-state index < -0.39 is 3.79 Å². The van der Waals surface area contributed by atoms with Gasteiger partial charge in [-0.25, -0.2) is 4.98 Å². The number of hydrogen-bond donors (Lipinski definition) is 1.